The van der Waals surface area contributed by atoms with Crippen LogP contribution in [0.1, 0.15) is 13.8 Å². The first-order valence-corrected chi connectivity index (χ1v) is 5.00. The zero-order valence-electron chi connectivity index (χ0n) is 8.38. The van der Waals surface area contributed by atoms with E-state index in [2.05, 4.69) is 16.3 Å². The maximum atomic E-state index is 9.01. The first-order valence-electron chi connectivity index (χ1n) is 5.00. The SMILES string of the molecule is CC(C)(C#N)N1CC2CNCC2C1. The van der Waals surface area contributed by atoms with E-state index in [0.717, 1.165) is 38.0 Å². The predicted molar refractivity (Wildman–Crippen MR) is 51.1 cm³/mol. The van der Waals surface area contributed by atoms with Gasteiger partial charge in [0.15, 0.2) is 0 Å². The molecule has 1 N–H and O–H groups in total. The quantitative estimate of drug-likeness (QED) is 0.635. The molecule has 0 radical (unpaired) electrons. The molecule has 2 aliphatic rings. The number of likely N-dealkylation sites (tertiary alicyclic amines) is 1. The third-order valence-corrected chi connectivity index (χ3v) is 3.45. The minimum absolute atomic E-state index is 0.273. The summed E-state index contributed by atoms with van der Waals surface area (Å²) in [7, 11) is 0. The second kappa shape index (κ2) is 2.97. The highest BCUT2D eigenvalue weighted by Gasteiger charge is 2.41. The minimum atomic E-state index is -0.273. The molecule has 2 saturated heterocycles. The van der Waals surface area contributed by atoms with E-state index in [-0.39, 0.29) is 5.54 Å². The minimum Gasteiger partial charge on any atom is -0.316 e. The van der Waals surface area contributed by atoms with Crippen molar-refractivity contribution in [1.82, 2.24) is 10.2 Å². The number of nitriles is 1. The Balaban J connectivity index is 2.03. The van der Waals surface area contributed by atoms with Crippen LogP contribution in [0.25, 0.3) is 0 Å². The molecule has 0 spiro atoms. The lowest BCUT2D eigenvalue weighted by molar-refractivity contribution is 0.196. The van der Waals surface area contributed by atoms with Crippen molar-refractivity contribution in [2.24, 2.45) is 11.8 Å². The lowest BCUT2D eigenvalue weighted by Crippen LogP contribution is -2.42. The largest absolute Gasteiger partial charge is 0.316 e. The van der Waals surface area contributed by atoms with E-state index >= 15 is 0 Å². The number of fused-ring (bicyclic) bond motifs is 1. The highest BCUT2D eigenvalue weighted by Crippen LogP contribution is 2.30. The predicted octanol–water partition coefficient (Wildman–Crippen LogP) is 0.440. The van der Waals surface area contributed by atoms with Gasteiger partial charge in [-0.25, -0.2) is 0 Å². The summed E-state index contributed by atoms with van der Waals surface area (Å²) in [6.45, 7) is 8.50. The molecule has 3 heteroatoms. The molecule has 2 unspecified atom stereocenters. The Labute approximate surface area is 79.7 Å². The van der Waals surface area contributed by atoms with Gasteiger partial charge in [0.05, 0.1) is 6.07 Å². The maximum Gasteiger partial charge on any atom is 0.103 e. The Morgan fingerprint density at radius 1 is 1.31 bits per heavy atom. The Morgan fingerprint density at radius 3 is 2.31 bits per heavy atom. The lowest BCUT2D eigenvalue weighted by atomic mass is 10.0. The maximum absolute atomic E-state index is 9.01. The highest BCUT2D eigenvalue weighted by molar-refractivity contribution is 5.06. The van der Waals surface area contributed by atoms with Crippen LogP contribution in [0, 0.1) is 23.2 Å². The van der Waals surface area contributed by atoms with Gasteiger partial charge in [-0.3, -0.25) is 4.90 Å². The van der Waals surface area contributed by atoms with Crippen LogP contribution in [0.5, 0.6) is 0 Å². The van der Waals surface area contributed by atoms with Gasteiger partial charge in [0, 0.05) is 13.1 Å². The van der Waals surface area contributed by atoms with Crippen LogP contribution in [0.2, 0.25) is 0 Å². The second-order valence-electron chi connectivity index (χ2n) is 4.75. The van der Waals surface area contributed by atoms with Crippen molar-refractivity contribution in [1.29, 1.82) is 5.26 Å². The normalized spacial score (nSPS) is 34.5. The molecule has 3 nitrogen and oxygen atoms in total. The van der Waals surface area contributed by atoms with E-state index in [1.54, 1.807) is 0 Å². The number of hydrogen-bond donors (Lipinski definition) is 1. The summed E-state index contributed by atoms with van der Waals surface area (Å²) in [6, 6.07) is 2.38. The Bertz CT molecular complexity index is 229. The number of hydrogen-bond acceptors (Lipinski definition) is 3. The van der Waals surface area contributed by atoms with Crippen LogP contribution in [0.15, 0.2) is 0 Å². The van der Waals surface area contributed by atoms with Gasteiger partial charge in [0.2, 0.25) is 0 Å². The molecule has 0 bridgehead atoms. The molecule has 0 aromatic heterocycles. The van der Waals surface area contributed by atoms with Gasteiger partial charge < -0.3 is 5.32 Å². The molecule has 2 aliphatic heterocycles. The van der Waals surface area contributed by atoms with Crippen LogP contribution in [-0.2, 0) is 0 Å². The lowest BCUT2D eigenvalue weighted by Gasteiger charge is -2.29. The zero-order chi connectivity index (χ0) is 9.47. The first-order chi connectivity index (χ1) is 6.13. The third kappa shape index (κ3) is 1.45. The molecular weight excluding hydrogens is 162 g/mol. The fourth-order valence-electron chi connectivity index (χ4n) is 2.38. The van der Waals surface area contributed by atoms with Gasteiger partial charge in [-0.15, -0.1) is 0 Å². The monoisotopic (exact) mass is 179 g/mol. The van der Waals surface area contributed by atoms with E-state index in [0.29, 0.717) is 0 Å². The number of nitrogens with zero attached hydrogens (tertiary/aromatic N) is 2. The molecular formula is C10H17N3. The average Bonchev–Trinajstić information content (AvgIpc) is 2.61. The van der Waals surface area contributed by atoms with Gasteiger partial charge in [0.25, 0.3) is 0 Å². The molecule has 0 amide bonds. The first kappa shape index (κ1) is 8.98. The molecule has 72 valence electrons. The van der Waals surface area contributed by atoms with Crippen molar-refractivity contribution in [2.75, 3.05) is 26.2 Å². The molecule has 0 aromatic carbocycles. The molecule has 2 rings (SSSR count). The van der Waals surface area contributed by atoms with Crippen LogP contribution < -0.4 is 5.32 Å². The van der Waals surface area contributed by atoms with Gasteiger partial charge in [0.1, 0.15) is 5.54 Å². The molecule has 2 heterocycles. The fourth-order valence-corrected chi connectivity index (χ4v) is 2.38. The van der Waals surface area contributed by atoms with E-state index in [1.807, 2.05) is 13.8 Å². The van der Waals surface area contributed by atoms with Crippen LogP contribution in [0.3, 0.4) is 0 Å². The third-order valence-electron chi connectivity index (χ3n) is 3.45. The standard InChI is InChI=1S/C10H17N3/c1-10(2,7-11)13-5-8-3-12-4-9(8)6-13/h8-9,12H,3-6H2,1-2H3. The second-order valence-corrected chi connectivity index (χ2v) is 4.75. The van der Waals surface area contributed by atoms with E-state index < -0.39 is 0 Å². The summed E-state index contributed by atoms with van der Waals surface area (Å²) in [5, 5.41) is 12.4. The smallest absolute Gasteiger partial charge is 0.103 e. The van der Waals surface area contributed by atoms with Crippen molar-refractivity contribution < 1.29 is 0 Å². The summed E-state index contributed by atoms with van der Waals surface area (Å²) < 4.78 is 0. The van der Waals surface area contributed by atoms with Crippen LogP contribution in [0.4, 0.5) is 0 Å². The summed E-state index contributed by atoms with van der Waals surface area (Å²) >= 11 is 0. The van der Waals surface area contributed by atoms with Gasteiger partial charge in [-0.05, 0) is 38.8 Å². The number of nitrogens with one attached hydrogen (secondary N) is 1. The van der Waals surface area contributed by atoms with Crippen molar-refractivity contribution >= 4 is 0 Å². The van der Waals surface area contributed by atoms with Gasteiger partial charge in [-0.1, -0.05) is 0 Å². The van der Waals surface area contributed by atoms with Crippen molar-refractivity contribution in [2.45, 2.75) is 19.4 Å². The highest BCUT2D eigenvalue weighted by atomic mass is 15.2. The molecule has 2 atom stereocenters. The molecule has 0 saturated carbocycles. The summed E-state index contributed by atoms with van der Waals surface area (Å²) in [4.78, 5) is 2.32. The van der Waals surface area contributed by atoms with E-state index in [4.69, 9.17) is 5.26 Å². The Hall–Kier alpha value is -0.590. The fraction of sp³-hybridized carbons (Fsp3) is 0.900. The van der Waals surface area contributed by atoms with Crippen molar-refractivity contribution in [3.05, 3.63) is 0 Å². The van der Waals surface area contributed by atoms with Gasteiger partial charge in [-0.2, -0.15) is 5.26 Å². The average molecular weight is 179 g/mol. The van der Waals surface area contributed by atoms with E-state index in [9.17, 15) is 0 Å². The molecule has 2 fully saturated rings. The zero-order valence-corrected chi connectivity index (χ0v) is 8.38. The van der Waals surface area contributed by atoms with Crippen molar-refractivity contribution in [3.8, 4) is 6.07 Å². The number of rotatable bonds is 1. The van der Waals surface area contributed by atoms with Crippen LogP contribution >= 0.6 is 0 Å². The Morgan fingerprint density at radius 2 is 1.85 bits per heavy atom. The van der Waals surface area contributed by atoms with Gasteiger partial charge >= 0.3 is 0 Å². The van der Waals surface area contributed by atoms with Crippen LogP contribution in [-0.4, -0.2) is 36.6 Å². The molecule has 0 aromatic rings. The molecule has 13 heavy (non-hydrogen) atoms. The van der Waals surface area contributed by atoms with E-state index in [1.165, 1.54) is 0 Å². The topological polar surface area (TPSA) is 39.1 Å². The molecule has 0 aliphatic carbocycles. The summed E-state index contributed by atoms with van der Waals surface area (Å²) in [5.74, 6) is 1.57. The van der Waals surface area contributed by atoms with Crippen molar-refractivity contribution in [3.63, 3.8) is 0 Å². The summed E-state index contributed by atoms with van der Waals surface area (Å²) in [5.41, 5.74) is -0.273. The Kier molecular flexibility index (Phi) is 2.05. The summed E-state index contributed by atoms with van der Waals surface area (Å²) in [6.07, 6.45) is 0.